The molecule has 0 spiro atoms. The van der Waals surface area contributed by atoms with Crippen LogP contribution in [0.5, 0.6) is 0 Å². The van der Waals surface area contributed by atoms with Crippen molar-refractivity contribution in [2.45, 2.75) is 25.2 Å². The Bertz CT molecular complexity index is 783. The zero-order valence-corrected chi connectivity index (χ0v) is 18.9. The van der Waals surface area contributed by atoms with Crippen LogP contribution in [0.25, 0.3) is 0 Å². The minimum absolute atomic E-state index is 0. The molecule has 28 heavy (non-hydrogen) atoms. The van der Waals surface area contributed by atoms with Gasteiger partial charge in [0.2, 0.25) is 0 Å². The van der Waals surface area contributed by atoms with E-state index < -0.39 is 0 Å². The highest BCUT2D eigenvalue weighted by Gasteiger charge is 2.26. The lowest BCUT2D eigenvalue weighted by molar-refractivity contribution is 0.381. The molecule has 150 valence electrons. The Morgan fingerprint density at radius 1 is 1.07 bits per heavy atom. The summed E-state index contributed by atoms with van der Waals surface area (Å²) in [6.45, 7) is 4.26. The highest BCUT2D eigenvalue weighted by Crippen LogP contribution is 2.37. The summed E-state index contributed by atoms with van der Waals surface area (Å²) in [6.07, 6.45) is 7.13. The maximum Gasteiger partial charge on any atom is 0.191 e. The molecule has 2 fully saturated rings. The first kappa shape index (κ1) is 21.1. The predicted molar refractivity (Wildman–Crippen MR) is 125 cm³/mol. The van der Waals surface area contributed by atoms with Gasteiger partial charge in [0.1, 0.15) is 5.82 Å². The van der Waals surface area contributed by atoms with Crippen LogP contribution in [0.2, 0.25) is 5.02 Å². The van der Waals surface area contributed by atoms with Crippen LogP contribution < -0.4 is 10.6 Å². The summed E-state index contributed by atoms with van der Waals surface area (Å²) in [5.41, 5.74) is 8.51. The zero-order valence-electron chi connectivity index (χ0n) is 15.8. The lowest BCUT2D eigenvalue weighted by Crippen LogP contribution is -2.51. The number of hydrogen-bond acceptors (Lipinski definition) is 4. The van der Waals surface area contributed by atoms with Gasteiger partial charge in [0.15, 0.2) is 5.96 Å². The van der Waals surface area contributed by atoms with E-state index in [9.17, 15) is 0 Å². The number of aromatic nitrogens is 2. The topological polar surface area (TPSA) is 70.6 Å². The molecular formula is C20H26ClIN6. The second-order valence-electron chi connectivity index (χ2n) is 7.16. The number of nitrogens with two attached hydrogens (primary N) is 1. The fourth-order valence-corrected chi connectivity index (χ4v) is 3.42. The average Bonchev–Trinajstić information content (AvgIpc) is 3.55. The minimum atomic E-state index is 0. The van der Waals surface area contributed by atoms with Gasteiger partial charge in [0, 0.05) is 61.7 Å². The van der Waals surface area contributed by atoms with Crippen molar-refractivity contribution in [3.8, 4) is 0 Å². The van der Waals surface area contributed by atoms with Crippen molar-refractivity contribution in [3.63, 3.8) is 0 Å². The van der Waals surface area contributed by atoms with Gasteiger partial charge in [-0.05, 0) is 49.1 Å². The van der Waals surface area contributed by atoms with Crippen molar-refractivity contribution < 1.29 is 0 Å². The van der Waals surface area contributed by atoms with Crippen molar-refractivity contribution >= 4 is 47.2 Å². The molecule has 0 unspecified atom stereocenters. The third-order valence-corrected chi connectivity index (χ3v) is 5.39. The highest BCUT2D eigenvalue weighted by atomic mass is 127. The van der Waals surface area contributed by atoms with Gasteiger partial charge in [-0.25, -0.2) is 9.97 Å². The van der Waals surface area contributed by atoms with Crippen LogP contribution in [-0.2, 0) is 6.42 Å². The number of nitrogens with zero attached hydrogens (tertiary/aromatic N) is 5. The molecule has 0 amide bonds. The predicted octanol–water partition coefficient (Wildman–Crippen LogP) is 3.30. The Morgan fingerprint density at radius 2 is 1.71 bits per heavy atom. The standard InChI is InChI=1S/C20H25ClN6.HI/c21-17-3-5-18(6-4-17)26-9-11-27(12-10-26)20(22)23-8-7-15-13-24-19(25-14-15)16-1-2-16;/h3-6,13-14,16H,1-2,7-12H2,(H2,22,23);1H. The molecule has 2 N–H and O–H groups in total. The van der Waals surface area contributed by atoms with Gasteiger partial charge < -0.3 is 15.5 Å². The molecule has 0 atom stereocenters. The van der Waals surface area contributed by atoms with Crippen LogP contribution in [0.1, 0.15) is 30.1 Å². The molecule has 2 aromatic rings. The van der Waals surface area contributed by atoms with E-state index in [1.54, 1.807) is 0 Å². The molecule has 2 aliphatic rings. The largest absolute Gasteiger partial charge is 0.370 e. The van der Waals surface area contributed by atoms with E-state index in [2.05, 4.69) is 36.9 Å². The van der Waals surface area contributed by atoms with Crippen molar-refractivity contribution in [1.82, 2.24) is 14.9 Å². The van der Waals surface area contributed by atoms with Gasteiger partial charge >= 0.3 is 0 Å². The van der Waals surface area contributed by atoms with E-state index >= 15 is 0 Å². The van der Waals surface area contributed by atoms with E-state index in [4.69, 9.17) is 17.3 Å². The van der Waals surface area contributed by atoms with Gasteiger partial charge in [0.25, 0.3) is 0 Å². The van der Waals surface area contributed by atoms with Crippen LogP contribution in [0.3, 0.4) is 0 Å². The molecule has 1 saturated heterocycles. The van der Waals surface area contributed by atoms with Crippen molar-refractivity contribution in [2.24, 2.45) is 10.7 Å². The lowest BCUT2D eigenvalue weighted by Gasteiger charge is -2.36. The summed E-state index contributed by atoms with van der Waals surface area (Å²) in [7, 11) is 0. The lowest BCUT2D eigenvalue weighted by atomic mass is 10.2. The number of rotatable bonds is 5. The number of anilines is 1. The molecule has 1 saturated carbocycles. The molecule has 6 nitrogen and oxygen atoms in total. The van der Waals surface area contributed by atoms with E-state index in [1.807, 2.05) is 24.5 Å². The van der Waals surface area contributed by atoms with E-state index in [0.717, 1.165) is 49.0 Å². The number of halogens is 2. The first-order chi connectivity index (χ1) is 13.2. The number of benzene rings is 1. The Morgan fingerprint density at radius 3 is 2.32 bits per heavy atom. The molecule has 1 aromatic heterocycles. The zero-order chi connectivity index (χ0) is 18.6. The van der Waals surface area contributed by atoms with E-state index in [0.29, 0.717) is 18.4 Å². The van der Waals surface area contributed by atoms with Crippen LogP contribution >= 0.6 is 35.6 Å². The Kier molecular flexibility index (Phi) is 7.34. The van der Waals surface area contributed by atoms with Crippen LogP contribution in [0.4, 0.5) is 5.69 Å². The summed E-state index contributed by atoms with van der Waals surface area (Å²) in [6, 6.07) is 7.98. The first-order valence-electron chi connectivity index (χ1n) is 9.55. The Labute approximate surface area is 188 Å². The van der Waals surface area contributed by atoms with Crippen LogP contribution in [-0.4, -0.2) is 53.6 Å². The molecule has 0 radical (unpaired) electrons. The summed E-state index contributed by atoms with van der Waals surface area (Å²) < 4.78 is 0. The molecular weight excluding hydrogens is 487 g/mol. The molecule has 0 bridgehead atoms. The SMILES string of the molecule is I.NC(=NCCc1cnc(C2CC2)nc1)N1CCN(c2ccc(Cl)cc2)CC1. The quantitative estimate of drug-likeness (QED) is 0.378. The Hall–Kier alpha value is -1.61. The smallest absolute Gasteiger partial charge is 0.191 e. The molecule has 1 aromatic carbocycles. The second-order valence-corrected chi connectivity index (χ2v) is 7.60. The van der Waals surface area contributed by atoms with Crippen molar-refractivity contribution in [2.75, 3.05) is 37.6 Å². The average molecular weight is 513 g/mol. The monoisotopic (exact) mass is 512 g/mol. The molecule has 1 aliphatic heterocycles. The van der Waals surface area contributed by atoms with E-state index in [1.165, 1.54) is 18.5 Å². The van der Waals surface area contributed by atoms with Crippen molar-refractivity contribution in [1.29, 1.82) is 0 Å². The first-order valence-corrected chi connectivity index (χ1v) is 9.93. The fraction of sp³-hybridized carbons (Fsp3) is 0.450. The number of piperazine rings is 1. The third-order valence-electron chi connectivity index (χ3n) is 5.14. The van der Waals surface area contributed by atoms with Crippen molar-refractivity contribution in [3.05, 3.63) is 53.1 Å². The van der Waals surface area contributed by atoms with Gasteiger partial charge in [-0.3, -0.25) is 4.99 Å². The summed E-state index contributed by atoms with van der Waals surface area (Å²) in [5, 5.41) is 0.765. The molecule has 1 aliphatic carbocycles. The van der Waals surface area contributed by atoms with Gasteiger partial charge in [-0.1, -0.05) is 11.6 Å². The number of aliphatic imine (C=N–C) groups is 1. The van der Waals surface area contributed by atoms with E-state index in [-0.39, 0.29) is 24.0 Å². The maximum absolute atomic E-state index is 6.20. The van der Waals surface area contributed by atoms with Crippen LogP contribution in [0, 0.1) is 0 Å². The van der Waals surface area contributed by atoms with Crippen LogP contribution in [0.15, 0.2) is 41.7 Å². The second kappa shape index (κ2) is 9.73. The highest BCUT2D eigenvalue weighted by molar-refractivity contribution is 14.0. The van der Waals surface area contributed by atoms with Gasteiger partial charge in [0.05, 0.1) is 0 Å². The summed E-state index contributed by atoms with van der Waals surface area (Å²) in [5.74, 6) is 2.21. The minimum Gasteiger partial charge on any atom is -0.370 e. The van der Waals surface area contributed by atoms with Gasteiger partial charge in [-0.15, -0.1) is 24.0 Å². The van der Waals surface area contributed by atoms with Gasteiger partial charge in [-0.2, -0.15) is 0 Å². The third kappa shape index (κ3) is 5.47. The fourth-order valence-electron chi connectivity index (χ4n) is 3.29. The normalized spacial score (nSPS) is 17.4. The number of hydrogen-bond donors (Lipinski definition) is 1. The molecule has 2 heterocycles. The molecule has 8 heteroatoms. The summed E-state index contributed by atoms with van der Waals surface area (Å²) >= 11 is 5.97. The Balaban J connectivity index is 0.00000225. The maximum atomic E-state index is 6.20. The molecule has 4 rings (SSSR count). The summed E-state index contributed by atoms with van der Waals surface area (Å²) in [4.78, 5) is 18.0. The number of guanidine groups is 1.